The van der Waals surface area contributed by atoms with Crippen LogP contribution < -0.4 is 4.74 Å². The van der Waals surface area contributed by atoms with E-state index in [2.05, 4.69) is 6.58 Å². The fourth-order valence-electron chi connectivity index (χ4n) is 3.25. The predicted octanol–water partition coefficient (Wildman–Crippen LogP) is 6.91. The van der Waals surface area contributed by atoms with E-state index in [9.17, 15) is 9.59 Å². The molecule has 3 aromatic carbocycles. The Bertz CT molecular complexity index is 1110. The molecule has 0 amide bonds. The van der Waals surface area contributed by atoms with Gasteiger partial charge >= 0.3 is 5.97 Å². The normalized spacial score (nSPS) is 10.9. The second-order valence-electron chi connectivity index (χ2n) is 8.09. The topological polar surface area (TPSA) is 52.6 Å². The molecule has 0 heterocycles. The smallest absolute Gasteiger partial charge is 0.311 e. The molecule has 0 aliphatic heterocycles. The molecule has 0 bridgehead atoms. The van der Waals surface area contributed by atoms with Crippen LogP contribution in [0.5, 0.6) is 5.75 Å². The maximum Gasteiger partial charge on any atom is 0.311 e. The number of hydrogen-bond donors (Lipinski definition) is 0. The molecule has 0 saturated carbocycles. The number of allylic oxidation sites excluding steroid dienone is 2. The molecule has 3 rings (SSSR count). The molecule has 0 aliphatic rings. The van der Waals surface area contributed by atoms with Crippen molar-refractivity contribution in [2.45, 2.75) is 32.8 Å². The number of carbonyl (C=O) groups excluding carboxylic acids is 2. The van der Waals surface area contributed by atoms with E-state index in [0.717, 1.165) is 28.7 Å². The number of carbonyl (C=O) groups is 2. The van der Waals surface area contributed by atoms with E-state index in [1.807, 2.05) is 61.5 Å². The van der Waals surface area contributed by atoms with Crippen molar-refractivity contribution < 1.29 is 19.1 Å². The maximum atomic E-state index is 12.1. The molecule has 3 aromatic rings. The van der Waals surface area contributed by atoms with Gasteiger partial charge in [0.15, 0.2) is 5.78 Å². The van der Waals surface area contributed by atoms with Gasteiger partial charge in [0, 0.05) is 18.6 Å². The number of benzene rings is 3. The Morgan fingerprint density at radius 3 is 2.24 bits per heavy atom. The van der Waals surface area contributed by atoms with Crippen LogP contribution >= 0.6 is 0 Å². The molecule has 4 nitrogen and oxygen atoms in total. The van der Waals surface area contributed by atoms with Crippen molar-refractivity contribution in [1.29, 1.82) is 0 Å². The van der Waals surface area contributed by atoms with Crippen molar-refractivity contribution in [1.82, 2.24) is 0 Å². The molecule has 0 aromatic heterocycles. The molecule has 0 fully saturated rings. The summed E-state index contributed by atoms with van der Waals surface area (Å²) in [5, 5.41) is 0. The molecular weight excluding hydrogens is 424 g/mol. The third kappa shape index (κ3) is 8.30. The van der Waals surface area contributed by atoms with Crippen LogP contribution in [0.2, 0.25) is 0 Å². The summed E-state index contributed by atoms with van der Waals surface area (Å²) in [5.41, 5.74) is 4.79. The Balaban J connectivity index is 1.32. The van der Waals surface area contributed by atoms with E-state index in [-0.39, 0.29) is 11.8 Å². The van der Waals surface area contributed by atoms with E-state index in [0.29, 0.717) is 37.4 Å². The second-order valence-corrected chi connectivity index (χ2v) is 8.09. The van der Waals surface area contributed by atoms with E-state index in [1.165, 1.54) is 6.08 Å². The average Bonchev–Trinajstić information content (AvgIpc) is 2.86. The lowest BCUT2D eigenvalue weighted by Gasteiger charge is -2.07. The van der Waals surface area contributed by atoms with Crippen molar-refractivity contribution in [2.75, 3.05) is 6.61 Å². The van der Waals surface area contributed by atoms with Crippen LogP contribution in [-0.4, -0.2) is 18.4 Å². The predicted molar refractivity (Wildman–Crippen MR) is 137 cm³/mol. The van der Waals surface area contributed by atoms with Gasteiger partial charge in [-0.3, -0.25) is 9.59 Å². The summed E-state index contributed by atoms with van der Waals surface area (Å²) in [6.07, 6.45) is 5.11. The Kier molecular flexibility index (Phi) is 9.56. The van der Waals surface area contributed by atoms with Gasteiger partial charge in [0.1, 0.15) is 5.75 Å². The third-order valence-electron chi connectivity index (χ3n) is 5.23. The van der Waals surface area contributed by atoms with Crippen LogP contribution in [0.25, 0.3) is 11.6 Å². The van der Waals surface area contributed by atoms with Crippen LogP contribution in [0, 0.1) is 0 Å². The van der Waals surface area contributed by atoms with E-state index in [1.54, 1.807) is 30.3 Å². The highest BCUT2D eigenvalue weighted by Crippen LogP contribution is 2.16. The number of ketones is 1. The minimum atomic E-state index is -0.266. The molecule has 0 N–H and O–H groups in total. The maximum absolute atomic E-state index is 12.1. The zero-order chi connectivity index (χ0) is 24.2. The summed E-state index contributed by atoms with van der Waals surface area (Å²) in [6.45, 7) is 7.07. The summed E-state index contributed by atoms with van der Waals surface area (Å²) in [7, 11) is 0. The fourth-order valence-corrected chi connectivity index (χ4v) is 3.25. The molecule has 0 unspecified atom stereocenters. The van der Waals surface area contributed by atoms with Gasteiger partial charge in [-0.1, -0.05) is 85.0 Å². The molecule has 0 atom stereocenters. The summed E-state index contributed by atoms with van der Waals surface area (Å²) in [6, 6.07) is 24.4. The van der Waals surface area contributed by atoms with Gasteiger partial charge in [0.2, 0.25) is 0 Å². The summed E-state index contributed by atoms with van der Waals surface area (Å²) < 4.78 is 11.1. The first-order valence-corrected chi connectivity index (χ1v) is 11.4. The number of unbranched alkanes of at least 4 members (excludes halogenated alkanes) is 1. The molecule has 4 heteroatoms. The molecule has 0 aliphatic carbocycles. The Morgan fingerprint density at radius 2 is 1.56 bits per heavy atom. The zero-order valence-electron chi connectivity index (χ0n) is 19.5. The highest BCUT2D eigenvalue weighted by Gasteiger charge is 2.05. The summed E-state index contributed by atoms with van der Waals surface area (Å²) in [4.78, 5) is 24.2. The quantitative estimate of drug-likeness (QED) is 0.0981. The summed E-state index contributed by atoms with van der Waals surface area (Å²) in [5.74, 6) is 0.171. The first-order chi connectivity index (χ1) is 16.5. The third-order valence-corrected chi connectivity index (χ3v) is 5.23. The molecule has 0 spiro atoms. The Hall–Kier alpha value is -3.76. The number of ether oxygens (including phenoxy) is 2. The Morgan fingerprint density at radius 1 is 0.853 bits per heavy atom. The molecule has 0 saturated heterocycles. The van der Waals surface area contributed by atoms with Gasteiger partial charge in [-0.05, 0) is 54.7 Å². The lowest BCUT2D eigenvalue weighted by molar-refractivity contribution is -0.134. The zero-order valence-corrected chi connectivity index (χ0v) is 19.5. The van der Waals surface area contributed by atoms with Crippen molar-refractivity contribution in [2.24, 2.45) is 0 Å². The number of esters is 1. The first kappa shape index (κ1) is 24.9. The van der Waals surface area contributed by atoms with Crippen molar-refractivity contribution in [3.8, 4) is 5.75 Å². The minimum absolute atomic E-state index is 0.0548. The Labute approximate surface area is 201 Å². The van der Waals surface area contributed by atoms with Crippen molar-refractivity contribution in [3.63, 3.8) is 0 Å². The van der Waals surface area contributed by atoms with Crippen molar-refractivity contribution in [3.05, 3.63) is 114 Å². The van der Waals surface area contributed by atoms with Crippen LogP contribution in [0.3, 0.4) is 0 Å². The van der Waals surface area contributed by atoms with Gasteiger partial charge in [0.25, 0.3) is 0 Å². The average molecular weight is 455 g/mol. The second kappa shape index (κ2) is 13.1. The van der Waals surface area contributed by atoms with Crippen LogP contribution in [-0.2, 0) is 16.1 Å². The molecular formula is C30H30O4. The standard InChI is InChI=1S/C30H30O4/c1-23(2)26-16-11-25(12-17-26)22-33-21-7-6-10-30(32)34-28-18-13-24(14-19-28)15-20-29(31)27-8-4-3-5-9-27/h3-5,8-9,11-20H,1,6-7,10,21-22H2,2H3. The molecule has 34 heavy (non-hydrogen) atoms. The SMILES string of the molecule is C=C(C)c1ccc(COCCCCC(=O)Oc2ccc(C=CC(=O)c3ccccc3)cc2)cc1. The molecule has 0 radical (unpaired) electrons. The lowest BCUT2D eigenvalue weighted by atomic mass is 10.1. The monoisotopic (exact) mass is 454 g/mol. The van der Waals surface area contributed by atoms with E-state index < -0.39 is 0 Å². The van der Waals surface area contributed by atoms with E-state index in [4.69, 9.17) is 9.47 Å². The van der Waals surface area contributed by atoms with Crippen LogP contribution in [0.15, 0.2) is 91.5 Å². The molecule has 174 valence electrons. The largest absolute Gasteiger partial charge is 0.427 e. The van der Waals surface area contributed by atoms with Gasteiger partial charge in [0.05, 0.1) is 6.61 Å². The van der Waals surface area contributed by atoms with Gasteiger partial charge in [-0.2, -0.15) is 0 Å². The lowest BCUT2D eigenvalue weighted by Crippen LogP contribution is -2.08. The minimum Gasteiger partial charge on any atom is -0.427 e. The first-order valence-electron chi connectivity index (χ1n) is 11.4. The van der Waals surface area contributed by atoms with Gasteiger partial charge in [-0.25, -0.2) is 0 Å². The number of rotatable bonds is 12. The number of hydrogen-bond acceptors (Lipinski definition) is 4. The van der Waals surface area contributed by atoms with Gasteiger partial charge in [-0.15, -0.1) is 0 Å². The van der Waals surface area contributed by atoms with E-state index >= 15 is 0 Å². The van der Waals surface area contributed by atoms with Crippen molar-refractivity contribution >= 4 is 23.4 Å². The van der Waals surface area contributed by atoms with Gasteiger partial charge < -0.3 is 9.47 Å². The summed E-state index contributed by atoms with van der Waals surface area (Å²) >= 11 is 0. The fraction of sp³-hybridized carbons (Fsp3) is 0.200. The van der Waals surface area contributed by atoms with Crippen LogP contribution in [0.4, 0.5) is 0 Å². The highest BCUT2D eigenvalue weighted by molar-refractivity contribution is 6.06. The highest BCUT2D eigenvalue weighted by atomic mass is 16.5. The van der Waals surface area contributed by atoms with Crippen LogP contribution in [0.1, 0.15) is 53.2 Å².